The highest BCUT2D eigenvalue weighted by Crippen LogP contribution is 2.33. The van der Waals surface area contributed by atoms with Gasteiger partial charge in [-0.2, -0.15) is 0 Å². The minimum atomic E-state index is -0.387. The summed E-state index contributed by atoms with van der Waals surface area (Å²) in [6.45, 7) is 2.73. The van der Waals surface area contributed by atoms with Gasteiger partial charge >= 0.3 is 0 Å². The first-order chi connectivity index (χ1) is 9.56. The molecule has 3 rings (SSSR count). The molecule has 0 bridgehead atoms. The lowest BCUT2D eigenvalue weighted by atomic mass is 9.74. The normalized spacial score (nSPS) is 27.2. The van der Waals surface area contributed by atoms with E-state index < -0.39 is 0 Å². The van der Waals surface area contributed by atoms with Crippen molar-refractivity contribution in [2.45, 2.75) is 44.6 Å². The second kappa shape index (κ2) is 6.24. The summed E-state index contributed by atoms with van der Waals surface area (Å²) in [5, 5.41) is 3.02. The molecule has 1 fully saturated rings. The number of hydrogen-bond donors (Lipinski definition) is 2. The third kappa shape index (κ3) is 3.33. The van der Waals surface area contributed by atoms with Crippen molar-refractivity contribution in [1.82, 2.24) is 0 Å². The number of rotatable bonds is 2. The smallest absolute Gasteiger partial charge is 0.229 e. The maximum absolute atomic E-state index is 12.5. The summed E-state index contributed by atoms with van der Waals surface area (Å²) in [7, 11) is 0. The van der Waals surface area contributed by atoms with Gasteiger partial charge in [-0.15, -0.1) is 12.4 Å². The number of benzene rings is 1. The molecule has 0 radical (unpaired) electrons. The van der Waals surface area contributed by atoms with Crippen LogP contribution in [0.4, 0.5) is 5.69 Å². The average Bonchev–Trinajstić information content (AvgIpc) is 2.85. The molecule has 3 N–H and O–H groups in total. The van der Waals surface area contributed by atoms with Gasteiger partial charge in [0.2, 0.25) is 5.91 Å². The van der Waals surface area contributed by atoms with Crippen LogP contribution in [0.1, 0.15) is 38.2 Å². The van der Waals surface area contributed by atoms with Crippen molar-refractivity contribution in [2.75, 3.05) is 11.9 Å². The highest BCUT2D eigenvalue weighted by Gasteiger charge is 2.37. The zero-order chi connectivity index (χ0) is 14.2. The van der Waals surface area contributed by atoms with Crippen molar-refractivity contribution in [2.24, 2.45) is 11.7 Å². The molecule has 0 aromatic heterocycles. The molecule has 5 heteroatoms. The molecule has 4 nitrogen and oxygen atoms in total. The average molecular weight is 311 g/mol. The predicted octanol–water partition coefficient (Wildman–Crippen LogP) is 2.89. The van der Waals surface area contributed by atoms with E-state index in [-0.39, 0.29) is 29.8 Å². The topological polar surface area (TPSA) is 64.4 Å². The molecule has 1 heterocycles. The van der Waals surface area contributed by atoms with Gasteiger partial charge < -0.3 is 15.8 Å². The van der Waals surface area contributed by atoms with Crippen molar-refractivity contribution in [3.63, 3.8) is 0 Å². The van der Waals surface area contributed by atoms with E-state index in [9.17, 15) is 4.79 Å². The van der Waals surface area contributed by atoms with Crippen molar-refractivity contribution >= 4 is 24.0 Å². The van der Waals surface area contributed by atoms with Crippen LogP contribution in [0, 0.1) is 5.92 Å². The number of halogens is 1. The van der Waals surface area contributed by atoms with Crippen molar-refractivity contribution in [1.29, 1.82) is 0 Å². The number of nitrogens with one attached hydrogen (secondary N) is 1. The molecule has 1 aromatic rings. The van der Waals surface area contributed by atoms with Crippen LogP contribution in [0.5, 0.6) is 5.75 Å². The van der Waals surface area contributed by atoms with E-state index in [0.29, 0.717) is 0 Å². The number of carbonyl (C=O) groups is 1. The molecular weight excluding hydrogens is 288 g/mol. The quantitative estimate of drug-likeness (QED) is 0.883. The third-order valence-corrected chi connectivity index (χ3v) is 4.53. The van der Waals surface area contributed by atoms with Gasteiger partial charge in [-0.1, -0.05) is 12.8 Å². The SMILES string of the molecule is CC1(N)CCCCC1C(=O)Nc1ccc2c(c1)CCO2.Cl. The molecule has 116 valence electrons. The Morgan fingerprint density at radius 3 is 3.00 bits per heavy atom. The fourth-order valence-electron chi connectivity index (χ4n) is 3.28. The molecule has 1 aliphatic heterocycles. The summed E-state index contributed by atoms with van der Waals surface area (Å²) in [5.74, 6) is 0.888. The molecule has 2 atom stereocenters. The molecule has 0 saturated heterocycles. The Morgan fingerprint density at radius 1 is 1.43 bits per heavy atom. The summed E-state index contributed by atoms with van der Waals surface area (Å²) in [4.78, 5) is 12.5. The minimum Gasteiger partial charge on any atom is -0.493 e. The lowest BCUT2D eigenvalue weighted by molar-refractivity contribution is -0.122. The summed E-state index contributed by atoms with van der Waals surface area (Å²) in [6.07, 6.45) is 4.92. The summed E-state index contributed by atoms with van der Waals surface area (Å²) in [6, 6.07) is 5.84. The van der Waals surface area contributed by atoms with E-state index in [2.05, 4.69) is 5.32 Å². The molecule has 2 unspecified atom stereocenters. The Balaban J connectivity index is 0.00000161. The summed E-state index contributed by atoms with van der Waals surface area (Å²) >= 11 is 0. The van der Waals surface area contributed by atoms with Gasteiger partial charge in [0.15, 0.2) is 0 Å². The Kier molecular flexibility index (Phi) is 4.79. The molecular formula is C16H23ClN2O2. The van der Waals surface area contributed by atoms with Gasteiger partial charge in [-0.05, 0) is 43.5 Å². The van der Waals surface area contributed by atoms with Crippen LogP contribution >= 0.6 is 12.4 Å². The number of amides is 1. The number of nitrogens with two attached hydrogens (primary N) is 1. The van der Waals surface area contributed by atoms with E-state index in [1.54, 1.807) is 0 Å². The molecule has 0 spiro atoms. The maximum Gasteiger partial charge on any atom is 0.229 e. The minimum absolute atomic E-state index is 0. The Morgan fingerprint density at radius 2 is 2.24 bits per heavy atom. The van der Waals surface area contributed by atoms with Crippen molar-refractivity contribution in [3.05, 3.63) is 23.8 Å². The zero-order valence-electron chi connectivity index (χ0n) is 12.4. The van der Waals surface area contributed by atoms with E-state index in [1.165, 1.54) is 5.56 Å². The first-order valence-electron chi connectivity index (χ1n) is 7.42. The molecule has 1 aliphatic carbocycles. The lowest BCUT2D eigenvalue weighted by Gasteiger charge is -2.37. The summed E-state index contributed by atoms with van der Waals surface area (Å²) in [5.41, 5.74) is 7.92. The van der Waals surface area contributed by atoms with Gasteiger partial charge in [-0.3, -0.25) is 4.79 Å². The standard InChI is InChI=1S/C16H22N2O2.ClH/c1-16(17)8-3-2-4-13(16)15(19)18-12-5-6-14-11(10-12)7-9-20-14;/h5-6,10,13H,2-4,7-9,17H2,1H3,(H,18,19);1H. The van der Waals surface area contributed by atoms with E-state index in [0.717, 1.165) is 50.1 Å². The van der Waals surface area contributed by atoms with Crippen LogP contribution in [-0.4, -0.2) is 18.1 Å². The number of ether oxygens (including phenoxy) is 1. The zero-order valence-corrected chi connectivity index (χ0v) is 13.2. The highest BCUT2D eigenvalue weighted by atomic mass is 35.5. The van der Waals surface area contributed by atoms with E-state index >= 15 is 0 Å². The third-order valence-electron chi connectivity index (χ3n) is 4.53. The first-order valence-corrected chi connectivity index (χ1v) is 7.42. The van der Waals surface area contributed by atoms with Crippen LogP contribution in [0.2, 0.25) is 0 Å². The monoisotopic (exact) mass is 310 g/mol. The van der Waals surface area contributed by atoms with Crippen LogP contribution in [0.3, 0.4) is 0 Å². The second-order valence-electron chi connectivity index (χ2n) is 6.21. The molecule has 1 aromatic carbocycles. The molecule has 21 heavy (non-hydrogen) atoms. The Labute approximate surface area is 131 Å². The van der Waals surface area contributed by atoms with E-state index in [4.69, 9.17) is 10.5 Å². The molecule has 2 aliphatic rings. The largest absolute Gasteiger partial charge is 0.493 e. The van der Waals surface area contributed by atoms with Gasteiger partial charge in [-0.25, -0.2) is 0 Å². The van der Waals surface area contributed by atoms with Crippen molar-refractivity contribution < 1.29 is 9.53 Å². The fraction of sp³-hybridized carbons (Fsp3) is 0.562. The lowest BCUT2D eigenvalue weighted by Crippen LogP contribution is -2.51. The van der Waals surface area contributed by atoms with Crippen LogP contribution < -0.4 is 15.8 Å². The van der Waals surface area contributed by atoms with Gasteiger partial charge in [0.05, 0.1) is 12.5 Å². The number of hydrogen-bond acceptors (Lipinski definition) is 3. The first kappa shape index (κ1) is 16.1. The fourth-order valence-corrected chi connectivity index (χ4v) is 3.28. The van der Waals surface area contributed by atoms with Gasteiger partial charge in [0.1, 0.15) is 5.75 Å². The number of carbonyl (C=O) groups excluding carboxylic acids is 1. The van der Waals surface area contributed by atoms with Crippen LogP contribution in [0.15, 0.2) is 18.2 Å². The van der Waals surface area contributed by atoms with Gasteiger partial charge in [0.25, 0.3) is 0 Å². The number of anilines is 1. The van der Waals surface area contributed by atoms with Crippen molar-refractivity contribution in [3.8, 4) is 5.75 Å². The van der Waals surface area contributed by atoms with Crippen LogP contribution in [-0.2, 0) is 11.2 Å². The molecule has 1 amide bonds. The van der Waals surface area contributed by atoms with E-state index in [1.807, 2.05) is 25.1 Å². The van der Waals surface area contributed by atoms with Gasteiger partial charge in [0, 0.05) is 17.6 Å². The second-order valence-corrected chi connectivity index (χ2v) is 6.21. The molecule has 1 saturated carbocycles. The Bertz CT molecular complexity index is 531. The summed E-state index contributed by atoms with van der Waals surface area (Å²) < 4.78 is 5.48. The highest BCUT2D eigenvalue weighted by molar-refractivity contribution is 5.93. The maximum atomic E-state index is 12.5. The number of fused-ring (bicyclic) bond motifs is 1. The van der Waals surface area contributed by atoms with Crippen LogP contribution in [0.25, 0.3) is 0 Å². The predicted molar refractivity (Wildman–Crippen MR) is 86.1 cm³/mol. The Hall–Kier alpha value is -1.26.